The molecule has 0 spiro atoms. The normalized spacial score (nSPS) is 18.3. The average Bonchev–Trinajstić information content (AvgIpc) is 3.04. The molecule has 5 nitrogen and oxygen atoms in total. The number of hydrogen-bond acceptors (Lipinski definition) is 3. The van der Waals surface area contributed by atoms with E-state index in [0.717, 1.165) is 50.0 Å². The van der Waals surface area contributed by atoms with Crippen molar-refractivity contribution in [2.45, 2.75) is 19.9 Å². The first-order valence-electron chi connectivity index (χ1n) is 7.93. The van der Waals surface area contributed by atoms with Crippen molar-refractivity contribution in [1.29, 1.82) is 0 Å². The SMILES string of the molecule is CCNC(=NCc1cccc(OC)c1)N(C)CC1CCOC1. The second-order valence-electron chi connectivity index (χ2n) is 5.63. The van der Waals surface area contributed by atoms with Crippen LogP contribution in [0.4, 0.5) is 0 Å². The molecule has 1 N–H and O–H groups in total. The summed E-state index contributed by atoms with van der Waals surface area (Å²) in [6.07, 6.45) is 1.14. The molecule has 1 unspecified atom stereocenters. The summed E-state index contributed by atoms with van der Waals surface area (Å²) in [5.74, 6) is 2.41. The zero-order chi connectivity index (χ0) is 15.8. The molecular weight excluding hydrogens is 278 g/mol. The van der Waals surface area contributed by atoms with Crippen molar-refractivity contribution in [2.24, 2.45) is 10.9 Å². The van der Waals surface area contributed by atoms with Crippen LogP contribution in [0.2, 0.25) is 0 Å². The van der Waals surface area contributed by atoms with E-state index in [4.69, 9.17) is 14.5 Å². The van der Waals surface area contributed by atoms with Gasteiger partial charge in [0.05, 0.1) is 20.3 Å². The molecule has 0 radical (unpaired) electrons. The third kappa shape index (κ3) is 4.91. The van der Waals surface area contributed by atoms with Gasteiger partial charge in [-0.2, -0.15) is 0 Å². The Hall–Kier alpha value is -1.75. The van der Waals surface area contributed by atoms with E-state index in [1.54, 1.807) is 7.11 Å². The Morgan fingerprint density at radius 3 is 3.05 bits per heavy atom. The Bertz CT molecular complexity index is 485. The summed E-state index contributed by atoms with van der Waals surface area (Å²) in [6.45, 7) is 6.32. The van der Waals surface area contributed by atoms with Crippen LogP contribution in [-0.4, -0.2) is 51.3 Å². The number of ether oxygens (including phenoxy) is 2. The number of methoxy groups -OCH3 is 1. The first-order chi connectivity index (χ1) is 10.7. The number of nitrogens with one attached hydrogen (secondary N) is 1. The number of guanidine groups is 1. The maximum atomic E-state index is 5.45. The smallest absolute Gasteiger partial charge is 0.193 e. The van der Waals surface area contributed by atoms with E-state index < -0.39 is 0 Å². The predicted octanol–water partition coefficient (Wildman–Crippen LogP) is 2.13. The topological polar surface area (TPSA) is 46.1 Å². The molecule has 1 atom stereocenters. The highest BCUT2D eigenvalue weighted by atomic mass is 16.5. The quantitative estimate of drug-likeness (QED) is 0.646. The Morgan fingerprint density at radius 2 is 2.36 bits per heavy atom. The van der Waals surface area contributed by atoms with Crippen molar-refractivity contribution in [3.8, 4) is 5.75 Å². The fourth-order valence-corrected chi connectivity index (χ4v) is 2.61. The van der Waals surface area contributed by atoms with E-state index in [1.807, 2.05) is 18.2 Å². The monoisotopic (exact) mass is 305 g/mol. The Balaban J connectivity index is 1.98. The minimum absolute atomic E-state index is 0.602. The van der Waals surface area contributed by atoms with Crippen LogP contribution in [0.25, 0.3) is 0 Å². The minimum atomic E-state index is 0.602. The minimum Gasteiger partial charge on any atom is -0.497 e. The molecule has 5 heteroatoms. The van der Waals surface area contributed by atoms with E-state index in [0.29, 0.717) is 12.5 Å². The summed E-state index contributed by atoms with van der Waals surface area (Å²) in [5.41, 5.74) is 1.15. The van der Waals surface area contributed by atoms with E-state index in [2.05, 4.69) is 30.3 Å². The third-order valence-corrected chi connectivity index (χ3v) is 3.80. The van der Waals surface area contributed by atoms with E-state index in [-0.39, 0.29) is 0 Å². The highest BCUT2D eigenvalue weighted by molar-refractivity contribution is 5.79. The Kier molecular flexibility index (Phi) is 6.52. The van der Waals surface area contributed by atoms with Gasteiger partial charge < -0.3 is 19.7 Å². The van der Waals surface area contributed by atoms with Gasteiger partial charge in [0.1, 0.15) is 5.75 Å². The molecule has 0 saturated carbocycles. The summed E-state index contributed by atoms with van der Waals surface area (Å²) < 4.78 is 10.7. The number of hydrogen-bond donors (Lipinski definition) is 1. The van der Waals surface area contributed by atoms with E-state index in [9.17, 15) is 0 Å². The van der Waals surface area contributed by atoms with Crippen LogP contribution in [0.15, 0.2) is 29.3 Å². The van der Waals surface area contributed by atoms with Crippen molar-refractivity contribution in [1.82, 2.24) is 10.2 Å². The van der Waals surface area contributed by atoms with Crippen LogP contribution in [0, 0.1) is 5.92 Å². The molecule has 122 valence electrons. The summed E-state index contributed by atoms with van der Waals surface area (Å²) in [6, 6.07) is 8.04. The molecule has 1 fully saturated rings. The molecule has 1 aromatic carbocycles. The van der Waals surface area contributed by atoms with Crippen molar-refractivity contribution >= 4 is 5.96 Å². The number of benzene rings is 1. The zero-order valence-electron chi connectivity index (χ0n) is 13.8. The van der Waals surface area contributed by atoms with Crippen LogP contribution in [-0.2, 0) is 11.3 Å². The van der Waals surface area contributed by atoms with Crippen molar-refractivity contribution in [2.75, 3.05) is 40.5 Å². The number of aliphatic imine (C=N–C) groups is 1. The highest BCUT2D eigenvalue weighted by Crippen LogP contribution is 2.15. The third-order valence-electron chi connectivity index (χ3n) is 3.80. The zero-order valence-corrected chi connectivity index (χ0v) is 13.8. The largest absolute Gasteiger partial charge is 0.497 e. The lowest BCUT2D eigenvalue weighted by atomic mass is 10.1. The lowest BCUT2D eigenvalue weighted by molar-refractivity contribution is 0.181. The summed E-state index contributed by atoms with van der Waals surface area (Å²) in [4.78, 5) is 6.93. The van der Waals surface area contributed by atoms with Gasteiger partial charge in [-0.3, -0.25) is 0 Å². The van der Waals surface area contributed by atoms with Crippen LogP contribution in [0.1, 0.15) is 18.9 Å². The average molecular weight is 305 g/mol. The van der Waals surface area contributed by atoms with E-state index >= 15 is 0 Å². The molecule has 1 saturated heterocycles. The lowest BCUT2D eigenvalue weighted by Crippen LogP contribution is -2.41. The van der Waals surface area contributed by atoms with Gasteiger partial charge in [-0.25, -0.2) is 4.99 Å². The standard InChI is InChI=1S/C17H27N3O2/c1-4-18-17(20(2)12-15-8-9-22-13-15)19-11-14-6-5-7-16(10-14)21-3/h5-7,10,15H,4,8-9,11-13H2,1-3H3,(H,18,19). The molecule has 0 aromatic heterocycles. The first kappa shape index (κ1) is 16.6. The lowest BCUT2D eigenvalue weighted by Gasteiger charge is -2.24. The van der Waals surface area contributed by atoms with Crippen molar-refractivity contribution in [3.63, 3.8) is 0 Å². The van der Waals surface area contributed by atoms with Gasteiger partial charge in [0, 0.05) is 32.7 Å². The van der Waals surface area contributed by atoms with Gasteiger partial charge in [-0.15, -0.1) is 0 Å². The molecule has 1 aromatic rings. The molecule has 1 heterocycles. The second kappa shape index (κ2) is 8.63. The first-order valence-corrected chi connectivity index (χ1v) is 7.93. The maximum absolute atomic E-state index is 5.45. The van der Waals surface area contributed by atoms with Crippen LogP contribution >= 0.6 is 0 Å². The number of rotatable bonds is 6. The van der Waals surface area contributed by atoms with E-state index in [1.165, 1.54) is 0 Å². The van der Waals surface area contributed by atoms with Gasteiger partial charge in [0.15, 0.2) is 5.96 Å². The molecular formula is C17H27N3O2. The fraction of sp³-hybridized carbons (Fsp3) is 0.588. The Morgan fingerprint density at radius 1 is 1.50 bits per heavy atom. The molecule has 2 rings (SSSR count). The predicted molar refractivity (Wildman–Crippen MR) is 89.4 cm³/mol. The van der Waals surface area contributed by atoms with Gasteiger partial charge in [0.25, 0.3) is 0 Å². The molecule has 0 aliphatic carbocycles. The second-order valence-corrected chi connectivity index (χ2v) is 5.63. The Labute approximate surface area is 133 Å². The van der Waals surface area contributed by atoms with Gasteiger partial charge in [-0.1, -0.05) is 12.1 Å². The van der Waals surface area contributed by atoms with Gasteiger partial charge >= 0.3 is 0 Å². The van der Waals surface area contributed by atoms with Crippen LogP contribution in [0.3, 0.4) is 0 Å². The summed E-state index contributed by atoms with van der Waals surface area (Å²) >= 11 is 0. The molecule has 1 aliphatic heterocycles. The molecule has 1 aliphatic rings. The van der Waals surface area contributed by atoms with Crippen molar-refractivity contribution < 1.29 is 9.47 Å². The molecule has 22 heavy (non-hydrogen) atoms. The highest BCUT2D eigenvalue weighted by Gasteiger charge is 2.18. The van der Waals surface area contributed by atoms with Crippen molar-refractivity contribution in [3.05, 3.63) is 29.8 Å². The van der Waals surface area contributed by atoms with Gasteiger partial charge in [0.2, 0.25) is 0 Å². The number of nitrogens with zero attached hydrogens (tertiary/aromatic N) is 2. The van der Waals surface area contributed by atoms with Crippen LogP contribution in [0.5, 0.6) is 5.75 Å². The fourth-order valence-electron chi connectivity index (χ4n) is 2.61. The van der Waals surface area contributed by atoms with Crippen LogP contribution < -0.4 is 10.1 Å². The maximum Gasteiger partial charge on any atom is 0.193 e. The molecule has 0 bridgehead atoms. The molecule has 0 amide bonds. The summed E-state index contributed by atoms with van der Waals surface area (Å²) in [5, 5.41) is 3.36. The summed E-state index contributed by atoms with van der Waals surface area (Å²) in [7, 11) is 3.77. The van der Waals surface area contributed by atoms with Gasteiger partial charge in [-0.05, 0) is 31.0 Å².